The topological polar surface area (TPSA) is 65.0 Å². The molecule has 0 amide bonds. The van der Waals surface area contributed by atoms with Gasteiger partial charge in [0.05, 0.1) is 16.5 Å². The first-order chi connectivity index (χ1) is 11.8. The molecule has 26 heavy (non-hydrogen) atoms. The zero-order valence-corrected chi connectivity index (χ0v) is 16.4. The van der Waals surface area contributed by atoms with E-state index in [0.29, 0.717) is 22.6 Å². The number of esters is 1. The monoisotopic (exact) mass is 358 g/mol. The van der Waals surface area contributed by atoms with Crippen LogP contribution in [0.25, 0.3) is 12.2 Å². The predicted molar refractivity (Wildman–Crippen MR) is 101 cm³/mol. The van der Waals surface area contributed by atoms with Crippen molar-refractivity contribution < 1.29 is 24.1 Å². The van der Waals surface area contributed by atoms with Gasteiger partial charge in [-0.3, -0.25) is 4.79 Å². The lowest BCUT2D eigenvalue weighted by Crippen LogP contribution is -2.32. The summed E-state index contributed by atoms with van der Waals surface area (Å²) in [5.41, 5.74) is -0.698. The fraction of sp³-hybridized carbons (Fsp3) is 0.476. The number of fused-ring (bicyclic) bond motifs is 3. The van der Waals surface area contributed by atoms with Crippen molar-refractivity contribution in [2.75, 3.05) is 0 Å². The van der Waals surface area contributed by atoms with Crippen LogP contribution in [0.4, 0.5) is 0 Å². The second kappa shape index (κ2) is 5.53. The molecule has 0 saturated heterocycles. The van der Waals surface area contributed by atoms with Crippen LogP contribution in [0.2, 0.25) is 0 Å². The maximum absolute atomic E-state index is 12.4. The standard InChI is InChI=1S/C21H26O5/c1-19(2,3)18(23)24-17-14(22)12-8-10-20(4,5)25-15(12)13-9-11-21(6,7)26-16(13)17/h8-11,22H,1-7H3. The fourth-order valence-corrected chi connectivity index (χ4v) is 2.73. The summed E-state index contributed by atoms with van der Waals surface area (Å²) in [6.07, 6.45) is 7.45. The Morgan fingerprint density at radius 2 is 1.46 bits per heavy atom. The summed E-state index contributed by atoms with van der Waals surface area (Å²) in [7, 11) is 0. The quantitative estimate of drug-likeness (QED) is 0.582. The minimum atomic E-state index is -0.719. The number of aromatic hydroxyl groups is 1. The summed E-state index contributed by atoms with van der Waals surface area (Å²) in [5.74, 6) is 0.259. The van der Waals surface area contributed by atoms with E-state index in [9.17, 15) is 9.90 Å². The van der Waals surface area contributed by atoms with Crippen LogP contribution in [0.15, 0.2) is 12.2 Å². The normalized spacial score (nSPS) is 19.0. The van der Waals surface area contributed by atoms with Gasteiger partial charge in [0.2, 0.25) is 5.75 Å². The summed E-state index contributed by atoms with van der Waals surface area (Å²) >= 11 is 0. The molecule has 0 atom stereocenters. The summed E-state index contributed by atoms with van der Waals surface area (Å²) in [5, 5.41) is 10.8. The molecule has 5 heteroatoms. The molecule has 5 nitrogen and oxygen atoms in total. The Hall–Kier alpha value is -2.43. The number of benzene rings is 1. The maximum atomic E-state index is 12.4. The molecule has 1 N–H and O–H groups in total. The molecule has 0 aliphatic carbocycles. The predicted octanol–water partition coefficient (Wildman–Crippen LogP) is 4.71. The van der Waals surface area contributed by atoms with Crippen LogP contribution in [0, 0.1) is 5.41 Å². The number of phenols is 1. The van der Waals surface area contributed by atoms with Gasteiger partial charge in [-0.25, -0.2) is 0 Å². The lowest BCUT2D eigenvalue weighted by atomic mass is 9.94. The lowest BCUT2D eigenvalue weighted by molar-refractivity contribution is -0.143. The van der Waals surface area contributed by atoms with E-state index < -0.39 is 22.6 Å². The van der Waals surface area contributed by atoms with Crippen LogP contribution < -0.4 is 14.2 Å². The number of ether oxygens (including phenoxy) is 3. The summed E-state index contributed by atoms with van der Waals surface area (Å²) in [4.78, 5) is 12.4. The van der Waals surface area contributed by atoms with E-state index >= 15 is 0 Å². The second-order valence-corrected chi connectivity index (χ2v) is 8.88. The SMILES string of the molecule is CC1(C)C=Cc2c(O)c(OC(=O)C(C)(C)C)c3c(c2O1)C=CC(C)(C)O3. The Balaban J connectivity index is 2.23. The van der Waals surface area contributed by atoms with Gasteiger partial charge in [0.25, 0.3) is 0 Å². The van der Waals surface area contributed by atoms with Crippen LogP contribution in [0.3, 0.4) is 0 Å². The molecule has 0 bridgehead atoms. The first-order valence-electron chi connectivity index (χ1n) is 8.72. The molecule has 0 unspecified atom stereocenters. The summed E-state index contributed by atoms with van der Waals surface area (Å²) in [6, 6.07) is 0. The molecule has 2 aliphatic heterocycles. The van der Waals surface area contributed by atoms with E-state index in [-0.39, 0.29) is 11.5 Å². The number of carbonyl (C=O) groups excluding carboxylic acids is 1. The molecule has 140 valence electrons. The van der Waals surface area contributed by atoms with Crippen molar-refractivity contribution in [2.45, 2.75) is 59.7 Å². The highest BCUT2D eigenvalue weighted by molar-refractivity contribution is 5.87. The lowest BCUT2D eigenvalue weighted by Gasteiger charge is -2.35. The van der Waals surface area contributed by atoms with E-state index in [4.69, 9.17) is 14.2 Å². The van der Waals surface area contributed by atoms with Crippen molar-refractivity contribution in [1.29, 1.82) is 0 Å². The van der Waals surface area contributed by atoms with Crippen LogP contribution in [-0.4, -0.2) is 22.3 Å². The highest BCUT2D eigenvalue weighted by Crippen LogP contribution is 2.54. The first-order valence-corrected chi connectivity index (χ1v) is 8.72. The summed E-state index contributed by atoms with van der Waals surface area (Å²) < 4.78 is 17.7. The van der Waals surface area contributed by atoms with Crippen molar-refractivity contribution in [2.24, 2.45) is 5.41 Å². The first kappa shape index (κ1) is 18.4. The van der Waals surface area contributed by atoms with Gasteiger partial charge < -0.3 is 19.3 Å². The van der Waals surface area contributed by atoms with Gasteiger partial charge in [-0.2, -0.15) is 0 Å². The molecule has 2 heterocycles. The molecule has 0 saturated carbocycles. The third-order valence-corrected chi connectivity index (χ3v) is 4.25. The van der Waals surface area contributed by atoms with Gasteiger partial charge in [0, 0.05) is 0 Å². The Labute approximate surface area is 154 Å². The zero-order valence-electron chi connectivity index (χ0n) is 16.4. The van der Waals surface area contributed by atoms with Gasteiger partial charge in [0.1, 0.15) is 17.0 Å². The van der Waals surface area contributed by atoms with Crippen molar-refractivity contribution in [1.82, 2.24) is 0 Å². The third kappa shape index (κ3) is 3.18. The van der Waals surface area contributed by atoms with E-state index in [1.165, 1.54) is 0 Å². The molecule has 0 spiro atoms. The molecule has 0 fully saturated rings. The molecular formula is C21H26O5. The smallest absolute Gasteiger partial charge is 0.316 e. The van der Waals surface area contributed by atoms with Crippen LogP contribution in [0.5, 0.6) is 23.0 Å². The number of rotatable bonds is 1. The molecule has 0 aromatic heterocycles. The van der Waals surface area contributed by atoms with Crippen molar-refractivity contribution in [3.05, 3.63) is 23.3 Å². The number of hydrogen-bond acceptors (Lipinski definition) is 5. The summed E-state index contributed by atoms with van der Waals surface area (Å²) in [6.45, 7) is 12.9. The van der Waals surface area contributed by atoms with Crippen LogP contribution in [0.1, 0.15) is 59.6 Å². The number of carbonyl (C=O) groups is 1. The van der Waals surface area contributed by atoms with Crippen LogP contribution in [-0.2, 0) is 4.79 Å². The minimum Gasteiger partial charge on any atom is -0.504 e. The molecule has 1 aromatic carbocycles. The molecular weight excluding hydrogens is 332 g/mol. The maximum Gasteiger partial charge on any atom is 0.316 e. The highest BCUT2D eigenvalue weighted by atomic mass is 16.6. The van der Waals surface area contributed by atoms with E-state index in [1.54, 1.807) is 26.8 Å². The average Bonchev–Trinajstić information content (AvgIpc) is 2.48. The number of hydrogen-bond donors (Lipinski definition) is 1. The van der Waals surface area contributed by atoms with Crippen LogP contribution >= 0.6 is 0 Å². The third-order valence-electron chi connectivity index (χ3n) is 4.25. The van der Waals surface area contributed by atoms with Gasteiger partial charge >= 0.3 is 5.97 Å². The fourth-order valence-electron chi connectivity index (χ4n) is 2.73. The van der Waals surface area contributed by atoms with Gasteiger partial charge in [-0.1, -0.05) is 0 Å². The largest absolute Gasteiger partial charge is 0.504 e. The van der Waals surface area contributed by atoms with Crippen molar-refractivity contribution in [3.63, 3.8) is 0 Å². The number of phenolic OH excluding ortho intramolecular Hbond substituents is 1. The second-order valence-electron chi connectivity index (χ2n) is 8.88. The highest BCUT2D eigenvalue weighted by Gasteiger charge is 2.37. The van der Waals surface area contributed by atoms with E-state index in [2.05, 4.69) is 0 Å². The van der Waals surface area contributed by atoms with E-state index in [1.807, 2.05) is 45.9 Å². The van der Waals surface area contributed by atoms with Gasteiger partial charge in [0.15, 0.2) is 11.5 Å². The Bertz CT molecular complexity index is 835. The molecule has 1 aromatic rings. The van der Waals surface area contributed by atoms with Crippen molar-refractivity contribution in [3.8, 4) is 23.0 Å². The molecule has 2 aliphatic rings. The minimum absolute atomic E-state index is 0.0315. The molecule has 3 rings (SSSR count). The molecule has 0 radical (unpaired) electrons. The Kier molecular flexibility index (Phi) is 3.91. The average molecular weight is 358 g/mol. The zero-order chi connectivity index (χ0) is 19.5. The van der Waals surface area contributed by atoms with Gasteiger partial charge in [-0.15, -0.1) is 0 Å². The van der Waals surface area contributed by atoms with E-state index in [0.717, 1.165) is 0 Å². The van der Waals surface area contributed by atoms with Crippen molar-refractivity contribution >= 4 is 18.1 Å². The Morgan fingerprint density at radius 3 is 2.00 bits per heavy atom. The Morgan fingerprint density at radius 1 is 0.962 bits per heavy atom. The van der Waals surface area contributed by atoms with Gasteiger partial charge in [-0.05, 0) is 72.8 Å².